The predicted molar refractivity (Wildman–Crippen MR) is 91.8 cm³/mol. The van der Waals surface area contributed by atoms with E-state index in [4.69, 9.17) is 12.2 Å². The summed E-state index contributed by atoms with van der Waals surface area (Å²) >= 11 is 5.27. The largest absolute Gasteiger partial charge is 0.331 e. The van der Waals surface area contributed by atoms with Crippen molar-refractivity contribution in [3.63, 3.8) is 0 Å². The molecule has 2 aromatic carbocycles. The van der Waals surface area contributed by atoms with Gasteiger partial charge in [0.2, 0.25) is 0 Å². The molecule has 0 aliphatic heterocycles. The van der Waals surface area contributed by atoms with Gasteiger partial charge < -0.3 is 5.32 Å². The maximum absolute atomic E-state index is 5.27. The first-order chi connectivity index (χ1) is 10.2. The molecule has 3 nitrogen and oxygen atoms in total. The van der Waals surface area contributed by atoms with E-state index in [9.17, 15) is 0 Å². The van der Waals surface area contributed by atoms with Crippen LogP contribution in [0.3, 0.4) is 0 Å². The molecule has 0 unspecified atom stereocenters. The summed E-state index contributed by atoms with van der Waals surface area (Å²) in [5, 5.41) is 8.08. The van der Waals surface area contributed by atoms with E-state index in [2.05, 4.69) is 41.0 Å². The Bertz CT molecular complexity index is 689. The van der Waals surface area contributed by atoms with Crippen LogP contribution in [0.25, 0.3) is 0 Å². The average Bonchev–Trinajstić information content (AvgIpc) is 2.91. The van der Waals surface area contributed by atoms with E-state index in [0.29, 0.717) is 5.11 Å². The molecule has 1 aliphatic rings. The topological polar surface area (TPSA) is 36.4 Å². The van der Waals surface area contributed by atoms with Gasteiger partial charge in [-0.25, -0.2) is 0 Å². The van der Waals surface area contributed by atoms with Gasteiger partial charge in [0.05, 0.1) is 5.71 Å². The number of hydrazone groups is 1. The molecule has 3 rings (SSSR count). The Labute approximate surface area is 130 Å². The van der Waals surface area contributed by atoms with Gasteiger partial charge in [0, 0.05) is 11.3 Å². The van der Waals surface area contributed by atoms with Gasteiger partial charge in [-0.1, -0.05) is 42.0 Å². The van der Waals surface area contributed by atoms with Crippen molar-refractivity contribution in [2.75, 3.05) is 5.32 Å². The van der Waals surface area contributed by atoms with Crippen molar-refractivity contribution < 1.29 is 0 Å². The number of rotatable bonds is 2. The zero-order valence-electron chi connectivity index (χ0n) is 11.9. The lowest BCUT2D eigenvalue weighted by atomic mass is 10.1. The Morgan fingerprint density at radius 1 is 1.05 bits per heavy atom. The molecule has 1 aliphatic carbocycles. The van der Waals surface area contributed by atoms with Gasteiger partial charge in [0.15, 0.2) is 5.11 Å². The lowest BCUT2D eigenvalue weighted by Crippen LogP contribution is -2.25. The van der Waals surface area contributed by atoms with Gasteiger partial charge in [-0.2, -0.15) is 5.10 Å². The molecule has 0 amide bonds. The molecule has 2 aromatic rings. The van der Waals surface area contributed by atoms with Crippen LogP contribution in [0.2, 0.25) is 0 Å². The Morgan fingerprint density at radius 3 is 2.62 bits per heavy atom. The number of thiocarbonyl (C=S) groups is 1. The minimum absolute atomic E-state index is 0.510. The predicted octanol–water partition coefficient (Wildman–Crippen LogP) is 3.63. The van der Waals surface area contributed by atoms with Crippen LogP contribution in [0, 0.1) is 6.92 Å². The Kier molecular flexibility index (Phi) is 3.97. The van der Waals surface area contributed by atoms with Crippen LogP contribution in [0.1, 0.15) is 23.1 Å². The zero-order valence-corrected chi connectivity index (χ0v) is 12.7. The molecule has 0 spiro atoms. The fourth-order valence-corrected chi connectivity index (χ4v) is 2.60. The van der Waals surface area contributed by atoms with E-state index in [0.717, 1.165) is 24.2 Å². The molecule has 0 saturated carbocycles. The summed E-state index contributed by atoms with van der Waals surface area (Å²) in [7, 11) is 0. The van der Waals surface area contributed by atoms with E-state index in [1.807, 2.05) is 30.3 Å². The Hall–Kier alpha value is -2.20. The van der Waals surface area contributed by atoms with Crippen molar-refractivity contribution in [1.29, 1.82) is 0 Å². The van der Waals surface area contributed by atoms with Gasteiger partial charge >= 0.3 is 0 Å². The monoisotopic (exact) mass is 295 g/mol. The Morgan fingerprint density at radius 2 is 1.81 bits per heavy atom. The summed E-state index contributed by atoms with van der Waals surface area (Å²) in [5.74, 6) is 0. The van der Waals surface area contributed by atoms with Crippen molar-refractivity contribution in [2.45, 2.75) is 19.8 Å². The first kappa shape index (κ1) is 13.8. The summed E-state index contributed by atoms with van der Waals surface area (Å²) in [6.07, 6.45) is 2.01. The summed E-state index contributed by atoms with van der Waals surface area (Å²) in [4.78, 5) is 0. The highest BCUT2D eigenvalue weighted by Gasteiger charge is 2.16. The maximum Gasteiger partial charge on any atom is 0.191 e. The lowest BCUT2D eigenvalue weighted by molar-refractivity contribution is 1.01. The number of nitrogens with one attached hydrogen (secondary N) is 2. The van der Waals surface area contributed by atoms with Gasteiger partial charge in [-0.3, -0.25) is 5.43 Å². The van der Waals surface area contributed by atoms with Gasteiger partial charge in [0.1, 0.15) is 0 Å². The summed E-state index contributed by atoms with van der Waals surface area (Å²) < 4.78 is 0. The van der Waals surface area contributed by atoms with Crippen molar-refractivity contribution in [3.05, 3.63) is 65.2 Å². The highest BCUT2D eigenvalue weighted by Crippen LogP contribution is 2.21. The van der Waals surface area contributed by atoms with Crippen molar-refractivity contribution >= 4 is 28.7 Å². The number of nitrogens with zero attached hydrogens (tertiary/aromatic N) is 1. The highest BCUT2D eigenvalue weighted by atomic mass is 32.1. The molecule has 0 atom stereocenters. The van der Waals surface area contributed by atoms with E-state index in [1.165, 1.54) is 16.7 Å². The molecule has 0 heterocycles. The normalized spacial score (nSPS) is 14.8. The number of fused-ring (bicyclic) bond motifs is 1. The molecule has 0 saturated heterocycles. The molecule has 21 heavy (non-hydrogen) atoms. The third-order valence-corrected chi connectivity index (χ3v) is 3.75. The Balaban J connectivity index is 1.64. The second-order valence-electron chi connectivity index (χ2n) is 5.15. The summed E-state index contributed by atoms with van der Waals surface area (Å²) in [5.41, 5.74) is 8.77. The molecular formula is C17H17N3S. The third kappa shape index (κ3) is 3.28. The molecule has 4 heteroatoms. The molecule has 0 bridgehead atoms. The first-order valence-electron chi connectivity index (χ1n) is 7.01. The van der Waals surface area contributed by atoms with Crippen LogP contribution in [0.15, 0.2) is 53.6 Å². The van der Waals surface area contributed by atoms with Crippen LogP contribution in [0.5, 0.6) is 0 Å². The van der Waals surface area contributed by atoms with Crippen molar-refractivity contribution in [1.82, 2.24) is 5.43 Å². The van der Waals surface area contributed by atoms with Crippen LogP contribution in [-0.4, -0.2) is 10.8 Å². The second-order valence-corrected chi connectivity index (χ2v) is 5.56. The molecule has 0 radical (unpaired) electrons. The van der Waals surface area contributed by atoms with Crippen molar-refractivity contribution in [3.8, 4) is 0 Å². The molecule has 0 fully saturated rings. The maximum atomic E-state index is 5.27. The zero-order chi connectivity index (χ0) is 14.7. The standard InChI is InChI=1S/C17H17N3S/c1-12-6-9-14(10-7-12)18-17(21)20-19-16-11-8-13-4-2-3-5-15(13)16/h2-7,9-10H,8,11H2,1H3,(H2,18,20,21)/b19-16-. The molecule has 106 valence electrons. The lowest BCUT2D eigenvalue weighted by Gasteiger charge is -2.08. The number of hydrogen-bond acceptors (Lipinski definition) is 2. The van der Waals surface area contributed by atoms with E-state index in [-0.39, 0.29) is 0 Å². The second kappa shape index (κ2) is 6.06. The molecule has 2 N–H and O–H groups in total. The highest BCUT2D eigenvalue weighted by molar-refractivity contribution is 7.80. The summed E-state index contributed by atoms with van der Waals surface area (Å²) in [6, 6.07) is 16.5. The van der Waals surface area contributed by atoms with Gasteiger partial charge in [-0.15, -0.1) is 0 Å². The smallest absolute Gasteiger partial charge is 0.191 e. The minimum Gasteiger partial charge on any atom is -0.331 e. The van der Waals surface area contributed by atoms with Crippen LogP contribution >= 0.6 is 12.2 Å². The van der Waals surface area contributed by atoms with Gasteiger partial charge in [0.25, 0.3) is 0 Å². The quantitative estimate of drug-likeness (QED) is 0.656. The fraction of sp³-hybridized carbons (Fsp3) is 0.176. The molecule has 0 aromatic heterocycles. The minimum atomic E-state index is 0.510. The van der Waals surface area contributed by atoms with E-state index in [1.54, 1.807) is 0 Å². The van der Waals surface area contributed by atoms with Crippen molar-refractivity contribution in [2.24, 2.45) is 5.10 Å². The average molecular weight is 295 g/mol. The SMILES string of the molecule is Cc1ccc(NC(=S)N/N=C2/CCc3ccccc32)cc1. The summed E-state index contributed by atoms with van der Waals surface area (Å²) in [6.45, 7) is 2.06. The van der Waals surface area contributed by atoms with Gasteiger partial charge in [-0.05, 0) is 49.7 Å². The van der Waals surface area contributed by atoms with E-state index < -0.39 is 0 Å². The van der Waals surface area contributed by atoms with Crippen LogP contribution in [0.4, 0.5) is 5.69 Å². The van der Waals surface area contributed by atoms with Crippen LogP contribution < -0.4 is 10.7 Å². The number of aryl methyl sites for hydroxylation is 2. The fourth-order valence-electron chi connectivity index (χ4n) is 2.44. The van der Waals surface area contributed by atoms with E-state index >= 15 is 0 Å². The number of benzene rings is 2. The van der Waals surface area contributed by atoms with Crippen LogP contribution in [-0.2, 0) is 6.42 Å². The third-order valence-electron chi connectivity index (χ3n) is 3.56. The number of hydrogen-bond donors (Lipinski definition) is 2. The first-order valence-corrected chi connectivity index (χ1v) is 7.42. The molecular weight excluding hydrogens is 278 g/mol. The number of anilines is 1.